The van der Waals surface area contributed by atoms with Gasteiger partial charge in [0.1, 0.15) is 11.7 Å². The van der Waals surface area contributed by atoms with Gasteiger partial charge in [0.25, 0.3) is 0 Å². The van der Waals surface area contributed by atoms with Crippen LogP contribution in [0.5, 0.6) is 0 Å². The van der Waals surface area contributed by atoms with Crippen LogP contribution in [0.4, 0.5) is 0 Å². The summed E-state index contributed by atoms with van der Waals surface area (Å²) in [6, 6.07) is 0. The summed E-state index contributed by atoms with van der Waals surface area (Å²) >= 11 is 0. The molecule has 0 aromatic heterocycles. The van der Waals surface area contributed by atoms with E-state index in [1.165, 1.54) is 6.08 Å². The Hall–Kier alpha value is -1.62. The normalized spacial score (nSPS) is 18.2. The maximum absolute atomic E-state index is 11.5. The van der Waals surface area contributed by atoms with Gasteiger partial charge in [-0.15, -0.1) is 0 Å². The van der Waals surface area contributed by atoms with Gasteiger partial charge in [-0.2, -0.15) is 0 Å². The van der Waals surface area contributed by atoms with Gasteiger partial charge in [0.05, 0.1) is 11.7 Å². The van der Waals surface area contributed by atoms with Crippen molar-refractivity contribution in [1.29, 1.82) is 0 Å². The first-order chi connectivity index (χ1) is 11.5. The number of esters is 2. The van der Waals surface area contributed by atoms with Crippen molar-refractivity contribution in [2.45, 2.75) is 90.6 Å². The predicted octanol–water partition coefficient (Wildman–Crippen LogP) is 4.36. The molecule has 0 bridgehead atoms. The minimum Gasteiger partial charge on any atom is -0.459 e. The third-order valence-corrected chi connectivity index (χ3v) is 4.42. The molecule has 0 rings (SSSR count). The molecule has 0 N–H and O–H groups in total. The Kier molecular flexibility index (Phi) is 9.72. The maximum atomic E-state index is 11.5. The zero-order chi connectivity index (χ0) is 19.7. The summed E-state index contributed by atoms with van der Waals surface area (Å²) in [5.41, 5.74) is -1.06. The monoisotopic (exact) mass is 354 g/mol. The van der Waals surface area contributed by atoms with Crippen LogP contribution in [0, 0.1) is 0 Å². The fourth-order valence-corrected chi connectivity index (χ4v) is 2.85. The predicted molar refractivity (Wildman–Crippen MR) is 99.2 cm³/mol. The molecule has 5 heteroatoms. The lowest BCUT2D eigenvalue weighted by Crippen LogP contribution is -2.40. The lowest BCUT2D eigenvalue weighted by atomic mass is 9.92. The van der Waals surface area contributed by atoms with Gasteiger partial charge in [-0.3, -0.25) is 0 Å². The van der Waals surface area contributed by atoms with Gasteiger partial charge in [0.15, 0.2) is 0 Å². The quantitative estimate of drug-likeness (QED) is 0.385. The topological polar surface area (TPSA) is 61.8 Å². The van der Waals surface area contributed by atoms with E-state index in [0.29, 0.717) is 19.3 Å². The highest BCUT2D eigenvalue weighted by Gasteiger charge is 2.34. The lowest BCUT2D eigenvalue weighted by Gasteiger charge is -2.37. The third-order valence-electron chi connectivity index (χ3n) is 4.42. The van der Waals surface area contributed by atoms with Crippen LogP contribution in [-0.2, 0) is 23.8 Å². The standard InChI is InChI=1S/C20H34O5/c1-9-17(21)23-15(5)13-19(7,11-3)24-16(6)14-20(8,12-4)25-18(22)10-2/h9-10,15-16H,1-2,11-14H2,3-8H3. The smallest absolute Gasteiger partial charge is 0.330 e. The molecule has 0 spiro atoms. The highest BCUT2D eigenvalue weighted by atomic mass is 16.6. The molecule has 0 aliphatic heterocycles. The number of hydrogen-bond donors (Lipinski definition) is 0. The van der Waals surface area contributed by atoms with Crippen LogP contribution in [0.3, 0.4) is 0 Å². The Morgan fingerprint density at radius 1 is 0.920 bits per heavy atom. The first kappa shape index (κ1) is 23.4. The number of ether oxygens (including phenoxy) is 3. The Morgan fingerprint density at radius 3 is 1.84 bits per heavy atom. The van der Waals surface area contributed by atoms with Crippen LogP contribution < -0.4 is 0 Å². The molecule has 0 fully saturated rings. The molecule has 4 atom stereocenters. The Balaban J connectivity index is 4.86. The van der Waals surface area contributed by atoms with Crippen molar-refractivity contribution >= 4 is 11.9 Å². The molecule has 0 aromatic carbocycles. The summed E-state index contributed by atoms with van der Waals surface area (Å²) in [5.74, 6) is -0.867. The average molecular weight is 354 g/mol. The third kappa shape index (κ3) is 8.87. The van der Waals surface area contributed by atoms with Gasteiger partial charge in [-0.1, -0.05) is 27.0 Å². The second-order valence-corrected chi connectivity index (χ2v) is 7.02. The van der Waals surface area contributed by atoms with Crippen molar-refractivity contribution in [1.82, 2.24) is 0 Å². The fourth-order valence-electron chi connectivity index (χ4n) is 2.85. The van der Waals surface area contributed by atoms with E-state index in [2.05, 4.69) is 13.2 Å². The number of carbonyl (C=O) groups is 2. The second-order valence-electron chi connectivity index (χ2n) is 7.02. The van der Waals surface area contributed by atoms with E-state index in [-0.39, 0.29) is 12.2 Å². The van der Waals surface area contributed by atoms with Crippen molar-refractivity contribution in [3.63, 3.8) is 0 Å². The van der Waals surface area contributed by atoms with Gasteiger partial charge in [-0.25, -0.2) is 9.59 Å². The van der Waals surface area contributed by atoms with Gasteiger partial charge in [-0.05, 0) is 40.5 Å². The lowest BCUT2D eigenvalue weighted by molar-refractivity contribution is -0.163. The summed E-state index contributed by atoms with van der Waals surface area (Å²) in [5, 5.41) is 0. The van der Waals surface area contributed by atoms with E-state index in [4.69, 9.17) is 14.2 Å². The van der Waals surface area contributed by atoms with E-state index in [0.717, 1.165) is 12.5 Å². The zero-order valence-electron chi connectivity index (χ0n) is 16.6. The van der Waals surface area contributed by atoms with Gasteiger partial charge < -0.3 is 14.2 Å². The highest BCUT2D eigenvalue weighted by Crippen LogP contribution is 2.30. The molecule has 4 unspecified atom stereocenters. The van der Waals surface area contributed by atoms with E-state index in [9.17, 15) is 9.59 Å². The van der Waals surface area contributed by atoms with E-state index >= 15 is 0 Å². The largest absolute Gasteiger partial charge is 0.459 e. The first-order valence-corrected chi connectivity index (χ1v) is 8.89. The maximum Gasteiger partial charge on any atom is 0.330 e. The van der Waals surface area contributed by atoms with Crippen molar-refractivity contribution in [3.05, 3.63) is 25.3 Å². The number of rotatable bonds is 12. The van der Waals surface area contributed by atoms with Gasteiger partial charge in [0, 0.05) is 25.0 Å². The Bertz CT molecular complexity index is 473. The summed E-state index contributed by atoms with van der Waals surface area (Å²) < 4.78 is 17.0. The average Bonchev–Trinajstić information content (AvgIpc) is 2.53. The SMILES string of the molecule is C=CC(=O)OC(C)CC(C)(CC)OC(C)CC(C)(CC)OC(=O)C=C. The van der Waals surface area contributed by atoms with Crippen LogP contribution in [0.15, 0.2) is 25.3 Å². The number of carbonyl (C=O) groups excluding carboxylic acids is 2. The molecule has 0 aliphatic rings. The molecular formula is C20H34O5. The summed E-state index contributed by atoms with van der Waals surface area (Å²) in [7, 11) is 0. The van der Waals surface area contributed by atoms with Crippen LogP contribution >= 0.6 is 0 Å². The van der Waals surface area contributed by atoms with Crippen molar-refractivity contribution in [3.8, 4) is 0 Å². The van der Waals surface area contributed by atoms with Crippen LogP contribution in [0.1, 0.15) is 67.2 Å². The van der Waals surface area contributed by atoms with Gasteiger partial charge >= 0.3 is 11.9 Å². The minimum atomic E-state index is -0.611. The van der Waals surface area contributed by atoms with E-state index in [1.54, 1.807) is 0 Å². The minimum absolute atomic E-state index is 0.130. The molecule has 0 aliphatic carbocycles. The van der Waals surface area contributed by atoms with Gasteiger partial charge in [0.2, 0.25) is 0 Å². The van der Waals surface area contributed by atoms with Crippen molar-refractivity contribution in [2.75, 3.05) is 0 Å². The van der Waals surface area contributed by atoms with Crippen LogP contribution in [0.25, 0.3) is 0 Å². The van der Waals surface area contributed by atoms with Crippen LogP contribution in [-0.4, -0.2) is 35.3 Å². The first-order valence-electron chi connectivity index (χ1n) is 8.89. The highest BCUT2D eigenvalue weighted by molar-refractivity contribution is 5.81. The molecule has 0 saturated carbocycles. The second kappa shape index (κ2) is 10.4. The molecule has 0 saturated heterocycles. The molecule has 0 radical (unpaired) electrons. The van der Waals surface area contributed by atoms with E-state index in [1.807, 2.05) is 41.5 Å². The summed E-state index contributed by atoms with van der Waals surface area (Å²) in [4.78, 5) is 22.9. The molecular weight excluding hydrogens is 320 g/mol. The van der Waals surface area contributed by atoms with Crippen molar-refractivity contribution in [2.24, 2.45) is 0 Å². The summed E-state index contributed by atoms with van der Waals surface area (Å²) in [6.45, 7) is 18.5. The zero-order valence-corrected chi connectivity index (χ0v) is 16.6. The molecule has 0 amide bonds. The Morgan fingerprint density at radius 2 is 1.40 bits per heavy atom. The van der Waals surface area contributed by atoms with Crippen LogP contribution in [0.2, 0.25) is 0 Å². The fraction of sp³-hybridized carbons (Fsp3) is 0.700. The molecule has 0 heterocycles. The molecule has 5 nitrogen and oxygen atoms in total. The molecule has 25 heavy (non-hydrogen) atoms. The Labute approximate surface area is 152 Å². The molecule has 0 aromatic rings. The molecule has 144 valence electrons. The van der Waals surface area contributed by atoms with E-state index < -0.39 is 23.1 Å². The summed E-state index contributed by atoms with van der Waals surface area (Å²) in [6.07, 6.45) is 4.50. The van der Waals surface area contributed by atoms with Crippen molar-refractivity contribution < 1.29 is 23.8 Å². The number of hydrogen-bond acceptors (Lipinski definition) is 5.